The van der Waals surface area contributed by atoms with Crippen LogP contribution in [-0.2, 0) is 6.54 Å². The predicted octanol–water partition coefficient (Wildman–Crippen LogP) is 4.29. The molecule has 0 atom stereocenters. The first-order valence-electron chi connectivity index (χ1n) is 6.55. The lowest BCUT2D eigenvalue weighted by Gasteiger charge is -2.09. The summed E-state index contributed by atoms with van der Waals surface area (Å²) in [6, 6.07) is 13.3. The molecule has 0 saturated carbocycles. The summed E-state index contributed by atoms with van der Waals surface area (Å²) < 4.78 is 13.7. The van der Waals surface area contributed by atoms with Gasteiger partial charge in [0.25, 0.3) is 0 Å². The molecular weight excluding hydrogens is 251 g/mol. The average Bonchev–Trinajstić information content (AvgIpc) is 2.46. The number of benzene rings is 2. The number of nitrogens with zero attached hydrogens (tertiary/aromatic N) is 1. The Labute approximate surface area is 117 Å². The Morgan fingerprint density at radius 3 is 2.80 bits per heavy atom. The first kappa shape index (κ1) is 12.6. The molecule has 0 fully saturated rings. The summed E-state index contributed by atoms with van der Waals surface area (Å²) in [7, 11) is 0. The number of rotatable bonds is 3. The van der Waals surface area contributed by atoms with E-state index in [0.717, 1.165) is 21.9 Å². The van der Waals surface area contributed by atoms with E-state index in [1.807, 2.05) is 37.4 Å². The second kappa shape index (κ2) is 5.29. The Morgan fingerprint density at radius 2 is 1.95 bits per heavy atom. The summed E-state index contributed by atoms with van der Waals surface area (Å²) in [6.45, 7) is 2.47. The molecule has 0 aliphatic heterocycles. The zero-order valence-electron chi connectivity index (χ0n) is 11.2. The van der Waals surface area contributed by atoms with Crippen LogP contribution in [0.5, 0.6) is 0 Å². The van der Waals surface area contributed by atoms with E-state index in [9.17, 15) is 4.39 Å². The molecule has 0 bridgehead atoms. The zero-order chi connectivity index (χ0) is 13.9. The molecule has 0 amide bonds. The van der Waals surface area contributed by atoms with Crippen molar-refractivity contribution in [2.24, 2.45) is 0 Å². The molecule has 0 unspecified atom stereocenters. The highest BCUT2D eigenvalue weighted by molar-refractivity contribution is 5.82. The van der Waals surface area contributed by atoms with Crippen molar-refractivity contribution in [3.05, 3.63) is 71.8 Å². The second-order valence-electron chi connectivity index (χ2n) is 4.89. The van der Waals surface area contributed by atoms with Gasteiger partial charge in [-0.3, -0.25) is 4.98 Å². The van der Waals surface area contributed by atoms with Crippen LogP contribution in [0.15, 0.2) is 54.9 Å². The molecule has 0 aliphatic carbocycles. The number of pyridine rings is 1. The monoisotopic (exact) mass is 266 g/mol. The molecule has 1 aromatic heterocycles. The molecule has 3 heteroatoms. The van der Waals surface area contributed by atoms with Crippen molar-refractivity contribution >= 4 is 16.5 Å². The predicted molar refractivity (Wildman–Crippen MR) is 80.2 cm³/mol. The number of fused-ring (bicyclic) bond motifs is 1. The summed E-state index contributed by atoms with van der Waals surface area (Å²) in [4.78, 5) is 4.09. The molecule has 0 radical (unpaired) electrons. The maximum Gasteiger partial charge on any atom is 0.146 e. The number of hydrogen-bond donors (Lipinski definition) is 1. The quantitative estimate of drug-likeness (QED) is 0.764. The molecule has 1 heterocycles. The van der Waals surface area contributed by atoms with Crippen LogP contribution < -0.4 is 5.32 Å². The third kappa shape index (κ3) is 2.62. The third-order valence-corrected chi connectivity index (χ3v) is 3.31. The van der Waals surface area contributed by atoms with E-state index in [1.54, 1.807) is 12.3 Å². The molecule has 1 N–H and O–H groups in total. The summed E-state index contributed by atoms with van der Waals surface area (Å²) in [6.07, 6.45) is 3.62. The van der Waals surface area contributed by atoms with E-state index in [0.29, 0.717) is 12.2 Å². The zero-order valence-corrected chi connectivity index (χ0v) is 11.2. The van der Waals surface area contributed by atoms with Crippen LogP contribution in [0.3, 0.4) is 0 Å². The molecule has 20 heavy (non-hydrogen) atoms. The van der Waals surface area contributed by atoms with Crippen LogP contribution in [0.2, 0.25) is 0 Å². The summed E-state index contributed by atoms with van der Waals surface area (Å²) in [5.41, 5.74) is 2.57. The highest BCUT2D eigenvalue weighted by Gasteiger charge is 2.02. The average molecular weight is 266 g/mol. The third-order valence-electron chi connectivity index (χ3n) is 3.31. The van der Waals surface area contributed by atoms with Crippen molar-refractivity contribution in [1.29, 1.82) is 0 Å². The number of halogens is 1. The van der Waals surface area contributed by atoms with Crippen molar-refractivity contribution < 1.29 is 4.39 Å². The first-order valence-corrected chi connectivity index (χ1v) is 6.55. The van der Waals surface area contributed by atoms with E-state index in [2.05, 4.69) is 16.4 Å². The summed E-state index contributed by atoms with van der Waals surface area (Å²) >= 11 is 0. The van der Waals surface area contributed by atoms with Gasteiger partial charge in [0.2, 0.25) is 0 Å². The normalized spacial score (nSPS) is 10.7. The molecule has 2 nitrogen and oxygen atoms in total. The van der Waals surface area contributed by atoms with Crippen molar-refractivity contribution in [1.82, 2.24) is 4.98 Å². The lowest BCUT2D eigenvalue weighted by atomic mass is 10.1. The van der Waals surface area contributed by atoms with Crippen molar-refractivity contribution in [2.45, 2.75) is 13.5 Å². The van der Waals surface area contributed by atoms with Gasteiger partial charge in [-0.2, -0.15) is 0 Å². The summed E-state index contributed by atoms with van der Waals surface area (Å²) in [5, 5.41) is 5.38. The fourth-order valence-corrected chi connectivity index (χ4v) is 2.20. The highest BCUT2D eigenvalue weighted by Crippen LogP contribution is 2.18. The minimum Gasteiger partial charge on any atom is -0.379 e. The van der Waals surface area contributed by atoms with E-state index >= 15 is 0 Å². The highest BCUT2D eigenvalue weighted by atomic mass is 19.1. The van der Waals surface area contributed by atoms with Gasteiger partial charge in [-0.1, -0.05) is 18.2 Å². The minimum absolute atomic E-state index is 0.213. The van der Waals surface area contributed by atoms with Crippen LogP contribution in [0.1, 0.15) is 11.1 Å². The molecule has 100 valence electrons. The number of aryl methyl sites for hydroxylation is 1. The Bertz CT molecular complexity index is 753. The standard InChI is InChI=1S/C17H15FN2/c1-12-2-5-17(16(18)8-12)20-10-13-3-4-15-11-19-7-6-14(15)9-13/h2-9,11,20H,10H2,1H3. The van der Waals surface area contributed by atoms with E-state index in [-0.39, 0.29) is 5.82 Å². The lowest BCUT2D eigenvalue weighted by molar-refractivity contribution is 0.629. The topological polar surface area (TPSA) is 24.9 Å². The van der Waals surface area contributed by atoms with Crippen LogP contribution in [0.25, 0.3) is 10.8 Å². The van der Waals surface area contributed by atoms with Crippen LogP contribution in [0.4, 0.5) is 10.1 Å². The minimum atomic E-state index is -0.213. The first-order chi connectivity index (χ1) is 9.72. The van der Waals surface area contributed by atoms with Crippen molar-refractivity contribution in [3.8, 4) is 0 Å². The van der Waals surface area contributed by atoms with Gasteiger partial charge in [0, 0.05) is 24.3 Å². The lowest BCUT2D eigenvalue weighted by Crippen LogP contribution is -2.01. The molecule has 0 aliphatic rings. The maximum absolute atomic E-state index is 13.7. The number of anilines is 1. The molecule has 0 spiro atoms. The van der Waals surface area contributed by atoms with E-state index in [1.165, 1.54) is 6.07 Å². The Balaban J connectivity index is 1.79. The van der Waals surface area contributed by atoms with Gasteiger partial charge < -0.3 is 5.32 Å². The molecular formula is C17H15FN2. The second-order valence-corrected chi connectivity index (χ2v) is 4.89. The van der Waals surface area contributed by atoms with E-state index in [4.69, 9.17) is 0 Å². The number of aromatic nitrogens is 1. The number of hydrogen-bond acceptors (Lipinski definition) is 2. The molecule has 0 saturated heterocycles. The largest absolute Gasteiger partial charge is 0.379 e. The van der Waals surface area contributed by atoms with Gasteiger partial charge in [0.15, 0.2) is 0 Å². The maximum atomic E-state index is 13.7. The van der Waals surface area contributed by atoms with Crippen LogP contribution in [0, 0.1) is 12.7 Å². The van der Waals surface area contributed by atoms with Crippen LogP contribution in [-0.4, -0.2) is 4.98 Å². The fraction of sp³-hybridized carbons (Fsp3) is 0.118. The fourth-order valence-electron chi connectivity index (χ4n) is 2.20. The van der Waals surface area contributed by atoms with Crippen molar-refractivity contribution in [3.63, 3.8) is 0 Å². The molecule has 3 aromatic rings. The van der Waals surface area contributed by atoms with Crippen molar-refractivity contribution in [2.75, 3.05) is 5.32 Å². The van der Waals surface area contributed by atoms with Gasteiger partial charge in [-0.25, -0.2) is 4.39 Å². The van der Waals surface area contributed by atoms with Crippen LogP contribution >= 0.6 is 0 Å². The number of nitrogens with one attached hydrogen (secondary N) is 1. The van der Waals surface area contributed by atoms with Gasteiger partial charge >= 0.3 is 0 Å². The van der Waals surface area contributed by atoms with Gasteiger partial charge in [0.05, 0.1) is 5.69 Å². The Kier molecular flexibility index (Phi) is 3.33. The smallest absolute Gasteiger partial charge is 0.146 e. The molecule has 2 aromatic carbocycles. The Hall–Kier alpha value is -2.42. The Morgan fingerprint density at radius 1 is 1.05 bits per heavy atom. The van der Waals surface area contributed by atoms with E-state index < -0.39 is 0 Å². The van der Waals surface area contributed by atoms with Gasteiger partial charge in [-0.15, -0.1) is 0 Å². The summed E-state index contributed by atoms with van der Waals surface area (Å²) in [5.74, 6) is -0.213. The SMILES string of the molecule is Cc1ccc(NCc2ccc3cnccc3c2)c(F)c1. The molecule has 3 rings (SSSR count). The van der Waals surface area contributed by atoms with Gasteiger partial charge in [-0.05, 0) is 47.7 Å². The van der Waals surface area contributed by atoms with Gasteiger partial charge in [0.1, 0.15) is 5.82 Å².